The van der Waals surface area contributed by atoms with E-state index >= 15 is 0 Å². The van der Waals surface area contributed by atoms with Gasteiger partial charge in [-0.1, -0.05) is 23.7 Å². The monoisotopic (exact) mass is 382 g/mol. The number of carbonyl (C=O) groups excluding carboxylic acids is 1. The van der Waals surface area contributed by atoms with Gasteiger partial charge < -0.3 is 10.1 Å². The summed E-state index contributed by atoms with van der Waals surface area (Å²) >= 11 is 5.99. The van der Waals surface area contributed by atoms with Crippen LogP contribution in [-0.4, -0.2) is 39.8 Å². The number of methoxy groups -OCH3 is 1. The molecule has 0 fully saturated rings. The second-order valence-electron chi connectivity index (χ2n) is 5.52. The average molecular weight is 383 g/mol. The van der Waals surface area contributed by atoms with Crippen molar-refractivity contribution in [1.82, 2.24) is 4.31 Å². The summed E-state index contributed by atoms with van der Waals surface area (Å²) in [5.41, 5.74) is 1.70. The van der Waals surface area contributed by atoms with Gasteiger partial charge in [0.2, 0.25) is 10.0 Å². The Labute approximate surface area is 152 Å². The lowest BCUT2D eigenvalue weighted by atomic mass is 10.2. The van der Waals surface area contributed by atoms with Crippen LogP contribution in [0, 0.1) is 0 Å². The minimum atomic E-state index is -3.75. The standard InChI is InChI=1S/C17H19ClN2O4S/c1-20(2)25(22,23)16-10-13(7-8-15(16)18)17(21)19-14-6-4-5-12(9-14)11-24-3/h4-10H,11H2,1-3H3,(H,19,21). The third-order valence-corrected chi connectivity index (χ3v) is 5.74. The first-order chi connectivity index (χ1) is 11.8. The van der Waals surface area contributed by atoms with Crippen LogP contribution in [0.3, 0.4) is 0 Å². The first-order valence-corrected chi connectivity index (χ1v) is 9.19. The van der Waals surface area contributed by atoms with E-state index in [0.717, 1.165) is 9.87 Å². The van der Waals surface area contributed by atoms with E-state index in [-0.39, 0.29) is 15.5 Å². The van der Waals surface area contributed by atoms with Crippen LogP contribution in [-0.2, 0) is 21.4 Å². The van der Waals surface area contributed by atoms with Gasteiger partial charge in [-0.3, -0.25) is 4.79 Å². The number of ether oxygens (including phenoxy) is 1. The predicted octanol–water partition coefficient (Wildman–Crippen LogP) is 2.99. The molecule has 0 saturated carbocycles. The molecule has 0 atom stereocenters. The number of hydrogen-bond donors (Lipinski definition) is 1. The van der Waals surface area contributed by atoms with Crippen LogP contribution >= 0.6 is 11.6 Å². The van der Waals surface area contributed by atoms with Gasteiger partial charge >= 0.3 is 0 Å². The van der Waals surface area contributed by atoms with Crippen molar-refractivity contribution in [2.75, 3.05) is 26.5 Å². The molecule has 0 radical (unpaired) electrons. The van der Waals surface area contributed by atoms with E-state index in [4.69, 9.17) is 16.3 Å². The van der Waals surface area contributed by atoms with Crippen LogP contribution in [0.4, 0.5) is 5.69 Å². The maximum Gasteiger partial charge on any atom is 0.255 e. The van der Waals surface area contributed by atoms with Gasteiger partial charge in [-0.15, -0.1) is 0 Å². The number of amides is 1. The fourth-order valence-corrected chi connectivity index (χ4v) is 3.54. The molecule has 25 heavy (non-hydrogen) atoms. The number of rotatable bonds is 6. The molecule has 2 aromatic carbocycles. The lowest BCUT2D eigenvalue weighted by Crippen LogP contribution is -2.23. The SMILES string of the molecule is COCc1cccc(NC(=O)c2ccc(Cl)c(S(=O)(=O)N(C)C)c2)c1. The number of carbonyl (C=O) groups is 1. The summed E-state index contributed by atoms with van der Waals surface area (Å²) in [4.78, 5) is 12.3. The summed E-state index contributed by atoms with van der Waals surface area (Å²) in [6.07, 6.45) is 0. The smallest absolute Gasteiger partial charge is 0.255 e. The Kier molecular flexibility index (Phi) is 6.18. The van der Waals surface area contributed by atoms with E-state index in [2.05, 4.69) is 5.32 Å². The summed E-state index contributed by atoms with van der Waals surface area (Å²) in [6, 6.07) is 11.3. The normalized spacial score (nSPS) is 11.6. The van der Waals surface area contributed by atoms with Crippen molar-refractivity contribution >= 4 is 33.2 Å². The summed E-state index contributed by atoms with van der Waals surface area (Å²) < 4.78 is 30.7. The van der Waals surface area contributed by atoms with Gasteiger partial charge in [0.05, 0.1) is 11.6 Å². The fraction of sp³-hybridized carbons (Fsp3) is 0.235. The van der Waals surface area contributed by atoms with Gasteiger partial charge in [0.25, 0.3) is 5.91 Å². The van der Waals surface area contributed by atoms with Gasteiger partial charge in [-0.25, -0.2) is 12.7 Å². The molecule has 2 aromatic rings. The highest BCUT2D eigenvalue weighted by Gasteiger charge is 2.22. The molecular weight excluding hydrogens is 364 g/mol. The zero-order chi connectivity index (χ0) is 18.6. The first-order valence-electron chi connectivity index (χ1n) is 7.37. The summed E-state index contributed by atoms with van der Waals surface area (Å²) in [5.74, 6) is -0.429. The molecule has 0 aliphatic carbocycles. The third kappa shape index (κ3) is 4.58. The molecule has 0 bridgehead atoms. The predicted molar refractivity (Wildman–Crippen MR) is 97.4 cm³/mol. The molecule has 134 valence electrons. The lowest BCUT2D eigenvalue weighted by molar-refractivity contribution is 0.102. The number of halogens is 1. The Morgan fingerprint density at radius 1 is 1.20 bits per heavy atom. The van der Waals surface area contributed by atoms with Crippen molar-refractivity contribution in [1.29, 1.82) is 0 Å². The van der Waals surface area contributed by atoms with Gasteiger partial charge in [-0.05, 0) is 35.9 Å². The van der Waals surface area contributed by atoms with E-state index in [0.29, 0.717) is 12.3 Å². The summed E-state index contributed by atoms with van der Waals surface area (Å²) in [5, 5.41) is 2.80. The van der Waals surface area contributed by atoms with Crippen molar-refractivity contribution in [3.05, 3.63) is 58.6 Å². The number of nitrogens with one attached hydrogen (secondary N) is 1. The molecule has 0 aliphatic rings. The van der Waals surface area contributed by atoms with Gasteiger partial charge in [0.15, 0.2) is 0 Å². The second kappa shape index (κ2) is 7.97. The Hall–Kier alpha value is -1.93. The van der Waals surface area contributed by atoms with E-state index < -0.39 is 15.9 Å². The van der Waals surface area contributed by atoms with Crippen molar-refractivity contribution in [3.8, 4) is 0 Å². The van der Waals surface area contributed by atoms with Crippen LogP contribution in [0.15, 0.2) is 47.4 Å². The molecule has 1 N–H and O–H groups in total. The molecule has 6 nitrogen and oxygen atoms in total. The Bertz CT molecular complexity index is 882. The van der Waals surface area contributed by atoms with Crippen molar-refractivity contribution < 1.29 is 17.9 Å². The minimum Gasteiger partial charge on any atom is -0.380 e. The molecule has 8 heteroatoms. The van der Waals surface area contributed by atoms with Gasteiger partial charge in [0, 0.05) is 32.5 Å². The Balaban J connectivity index is 2.30. The van der Waals surface area contributed by atoms with Gasteiger partial charge in [-0.2, -0.15) is 0 Å². The zero-order valence-electron chi connectivity index (χ0n) is 14.1. The Morgan fingerprint density at radius 3 is 2.56 bits per heavy atom. The van der Waals surface area contributed by atoms with Crippen LogP contribution in [0.2, 0.25) is 5.02 Å². The highest BCUT2D eigenvalue weighted by molar-refractivity contribution is 7.89. The maximum atomic E-state index is 12.4. The molecule has 0 saturated heterocycles. The fourth-order valence-electron chi connectivity index (χ4n) is 2.15. The highest BCUT2D eigenvalue weighted by atomic mass is 35.5. The highest BCUT2D eigenvalue weighted by Crippen LogP contribution is 2.25. The number of nitrogens with zero attached hydrogens (tertiary/aromatic N) is 1. The van der Waals surface area contributed by atoms with Crippen LogP contribution in [0.5, 0.6) is 0 Å². The van der Waals surface area contributed by atoms with E-state index in [1.807, 2.05) is 6.07 Å². The molecule has 2 rings (SSSR count). The third-order valence-electron chi connectivity index (χ3n) is 3.45. The zero-order valence-corrected chi connectivity index (χ0v) is 15.7. The molecule has 1 amide bonds. The van der Waals surface area contributed by atoms with Crippen LogP contribution in [0.25, 0.3) is 0 Å². The Morgan fingerprint density at radius 2 is 1.92 bits per heavy atom. The molecular formula is C17H19ClN2O4S. The summed E-state index contributed by atoms with van der Waals surface area (Å²) in [6.45, 7) is 0.426. The number of anilines is 1. The lowest BCUT2D eigenvalue weighted by Gasteiger charge is -2.14. The minimum absolute atomic E-state index is 0.0624. The van der Waals surface area contributed by atoms with Crippen LogP contribution in [0.1, 0.15) is 15.9 Å². The van der Waals surface area contributed by atoms with Crippen molar-refractivity contribution in [3.63, 3.8) is 0 Å². The molecule has 0 heterocycles. The average Bonchev–Trinajstić information content (AvgIpc) is 2.55. The van der Waals surface area contributed by atoms with E-state index in [1.54, 1.807) is 25.3 Å². The quantitative estimate of drug-likeness (QED) is 0.833. The van der Waals surface area contributed by atoms with Crippen LogP contribution < -0.4 is 5.32 Å². The summed E-state index contributed by atoms with van der Waals surface area (Å²) in [7, 11) is 0.648. The molecule has 0 unspecified atom stereocenters. The maximum absolute atomic E-state index is 12.4. The second-order valence-corrected chi connectivity index (χ2v) is 8.05. The van der Waals surface area contributed by atoms with Crippen molar-refractivity contribution in [2.45, 2.75) is 11.5 Å². The number of benzene rings is 2. The number of hydrogen-bond acceptors (Lipinski definition) is 4. The number of sulfonamides is 1. The van der Waals surface area contributed by atoms with E-state index in [1.165, 1.54) is 32.3 Å². The molecule has 0 aliphatic heterocycles. The topological polar surface area (TPSA) is 75.7 Å². The first kappa shape index (κ1) is 19.4. The largest absolute Gasteiger partial charge is 0.380 e. The molecule has 0 aromatic heterocycles. The van der Waals surface area contributed by atoms with Crippen molar-refractivity contribution in [2.24, 2.45) is 0 Å². The van der Waals surface area contributed by atoms with Gasteiger partial charge in [0.1, 0.15) is 4.90 Å². The van der Waals surface area contributed by atoms with E-state index in [9.17, 15) is 13.2 Å². The molecule has 0 spiro atoms.